The van der Waals surface area contributed by atoms with Crippen LogP contribution in [0.5, 0.6) is 0 Å². The Morgan fingerprint density at radius 2 is 1.71 bits per heavy atom. The second-order valence-corrected chi connectivity index (χ2v) is 4.97. The van der Waals surface area contributed by atoms with Gasteiger partial charge < -0.3 is 5.32 Å². The summed E-state index contributed by atoms with van der Waals surface area (Å²) < 4.78 is 0. The summed E-state index contributed by atoms with van der Waals surface area (Å²) in [6.07, 6.45) is 4.54. The largest absolute Gasteiger partial charge is 0.319 e. The molecule has 2 rings (SSSR count). The second-order valence-electron chi connectivity index (χ2n) is 4.97. The lowest BCUT2D eigenvalue weighted by Gasteiger charge is -2.13. The van der Waals surface area contributed by atoms with Gasteiger partial charge in [-0.05, 0) is 51.4 Å². The van der Waals surface area contributed by atoms with Gasteiger partial charge in [0.15, 0.2) is 5.82 Å². The standard InChI is InChI=1S/C16H23N5/c1-5-13-12(7-9-17-4)14(6-2)21-16(20-13)15-8-10-18-11(3)19-15/h8,10,17H,5-7,9H2,1-4H3. The van der Waals surface area contributed by atoms with Crippen LogP contribution in [0.25, 0.3) is 11.5 Å². The molecule has 21 heavy (non-hydrogen) atoms. The Kier molecular flexibility index (Phi) is 5.33. The summed E-state index contributed by atoms with van der Waals surface area (Å²) in [5.41, 5.74) is 4.34. The van der Waals surface area contributed by atoms with Crippen LogP contribution in [0.4, 0.5) is 0 Å². The molecule has 5 heteroatoms. The lowest BCUT2D eigenvalue weighted by atomic mass is 10.0. The highest BCUT2D eigenvalue weighted by Crippen LogP contribution is 2.19. The Bertz CT molecular complexity index is 584. The maximum atomic E-state index is 4.73. The summed E-state index contributed by atoms with van der Waals surface area (Å²) in [6.45, 7) is 7.10. The first-order chi connectivity index (χ1) is 10.2. The van der Waals surface area contributed by atoms with Crippen molar-refractivity contribution in [3.8, 4) is 11.5 Å². The second kappa shape index (κ2) is 7.22. The number of hydrogen-bond acceptors (Lipinski definition) is 5. The first kappa shape index (κ1) is 15.5. The van der Waals surface area contributed by atoms with Crippen LogP contribution < -0.4 is 5.32 Å². The number of likely N-dealkylation sites (N-methyl/N-ethyl adjacent to an activating group) is 1. The molecule has 0 saturated heterocycles. The Morgan fingerprint density at radius 3 is 2.24 bits per heavy atom. The minimum atomic E-state index is 0.711. The molecule has 0 spiro atoms. The van der Waals surface area contributed by atoms with E-state index in [1.165, 1.54) is 5.56 Å². The van der Waals surface area contributed by atoms with Gasteiger partial charge in [0.25, 0.3) is 0 Å². The first-order valence-electron chi connectivity index (χ1n) is 7.52. The number of nitrogens with zero attached hydrogens (tertiary/aromatic N) is 4. The highest BCUT2D eigenvalue weighted by atomic mass is 15.0. The lowest BCUT2D eigenvalue weighted by molar-refractivity contribution is 0.760. The molecule has 0 aliphatic carbocycles. The molecule has 0 aliphatic heterocycles. The van der Waals surface area contributed by atoms with Crippen molar-refractivity contribution in [1.82, 2.24) is 25.3 Å². The molecule has 0 unspecified atom stereocenters. The Morgan fingerprint density at radius 1 is 1.05 bits per heavy atom. The molecule has 0 radical (unpaired) electrons. The fourth-order valence-electron chi connectivity index (χ4n) is 2.40. The number of nitrogens with one attached hydrogen (secondary N) is 1. The monoisotopic (exact) mass is 285 g/mol. The van der Waals surface area contributed by atoms with Crippen LogP contribution >= 0.6 is 0 Å². The van der Waals surface area contributed by atoms with Gasteiger partial charge in [0.1, 0.15) is 11.5 Å². The van der Waals surface area contributed by atoms with E-state index in [9.17, 15) is 0 Å². The molecule has 0 aromatic carbocycles. The van der Waals surface area contributed by atoms with Crippen molar-refractivity contribution in [2.75, 3.05) is 13.6 Å². The topological polar surface area (TPSA) is 63.6 Å². The molecule has 5 nitrogen and oxygen atoms in total. The molecule has 0 saturated carbocycles. The van der Waals surface area contributed by atoms with Crippen molar-refractivity contribution < 1.29 is 0 Å². The quantitative estimate of drug-likeness (QED) is 0.881. The molecule has 0 aliphatic rings. The smallest absolute Gasteiger partial charge is 0.178 e. The molecular formula is C16H23N5. The summed E-state index contributed by atoms with van der Waals surface area (Å²) in [4.78, 5) is 18.0. The predicted octanol–water partition coefficient (Wildman–Crippen LogP) is 2.13. The van der Waals surface area contributed by atoms with Crippen molar-refractivity contribution in [2.24, 2.45) is 0 Å². The highest BCUT2D eigenvalue weighted by Gasteiger charge is 2.14. The van der Waals surface area contributed by atoms with E-state index >= 15 is 0 Å². The molecule has 0 fully saturated rings. The van der Waals surface area contributed by atoms with Crippen molar-refractivity contribution in [2.45, 2.75) is 40.0 Å². The normalized spacial score (nSPS) is 10.9. The SMILES string of the molecule is CCc1nc(-c2ccnc(C)n2)nc(CC)c1CCNC. The number of hydrogen-bond donors (Lipinski definition) is 1. The van der Waals surface area contributed by atoms with E-state index in [2.05, 4.69) is 29.1 Å². The third-order valence-electron chi connectivity index (χ3n) is 3.48. The number of rotatable bonds is 6. The van der Waals surface area contributed by atoms with Crippen LogP contribution in [-0.4, -0.2) is 33.5 Å². The summed E-state index contributed by atoms with van der Waals surface area (Å²) in [5.74, 6) is 1.45. The van der Waals surface area contributed by atoms with Crippen molar-refractivity contribution in [3.05, 3.63) is 35.0 Å². The maximum absolute atomic E-state index is 4.73. The van der Waals surface area contributed by atoms with Gasteiger partial charge in [0, 0.05) is 17.6 Å². The minimum Gasteiger partial charge on any atom is -0.319 e. The van der Waals surface area contributed by atoms with Gasteiger partial charge in [-0.25, -0.2) is 19.9 Å². The van der Waals surface area contributed by atoms with Gasteiger partial charge in [-0.1, -0.05) is 13.8 Å². The summed E-state index contributed by atoms with van der Waals surface area (Å²) >= 11 is 0. The summed E-state index contributed by atoms with van der Waals surface area (Å²) in [5, 5.41) is 3.20. The van der Waals surface area contributed by atoms with Crippen LogP contribution in [0.2, 0.25) is 0 Å². The summed E-state index contributed by atoms with van der Waals surface area (Å²) in [6, 6.07) is 1.87. The molecule has 0 bridgehead atoms. The van der Waals surface area contributed by atoms with E-state index in [-0.39, 0.29) is 0 Å². The average Bonchev–Trinajstić information content (AvgIpc) is 2.52. The van der Waals surface area contributed by atoms with Gasteiger partial charge in [0.2, 0.25) is 0 Å². The van der Waals surface area contributed by atoms with E-state index in [1.807, 2.05) is 20.0 Å². The van der Waals surface area contributed by atoms with E-state index in [4.69, 9.17) is 9.97 Å². The Hall–Kier alpha value is -1.88. The lowest BCUT2D eigenvalue weighted by Crippen LogP contribution is -2.15. The van der Waals surface area contributed by atoms with E-state index in [0.29, 0.717) is 5.82 Å². The molecular weight excluding hydrogens is 262 g/mol. The van der Waals surface area contributed by atoms with Crippen LogP contribution in [0, 0.1) is 6.92 Å². The zero-order valence-electron chi connectivity index (χ0n) is 13.3. The molecule has 0 atom stereocenters. The summed E-state index contributed by atoms with van der Waals surface area (Å²) in [7, 11) is 1.97. The van der Waals surface area contributed by atoms with Crippen molar-refractivity contribution in [1.29, 1.82) is 0 Å². The van der Waals surface area contributed by atoms with Gasteiger partial charge in [-0.15, -0.1) is 0 Å². The fraction of sp³-hybridized carbons (Fsp3) is 0.500. The maximum Gasteiger partial charge on any atom is 0.178 e. The van der Waals surface area contributed by atoms with Crippen LogP contribution in [0.1, 0.15) is 36.6 Å². The molecule has 1 N–H and O–H groups in total. The van der Waals surface area contributed by atoms with Crippen LogP contribution in [-0.2, 0) is 19.3 Å². The first-order valence-corrected chi connectivity index (χ1v) is 7.52. The van der Waals surface area contributed by atoms with E-state index < -0.39 is 0 Å². The van der Waals surface area contributed by atoms with Gasteiger partial charge in [-0.3, -0.25) is 0 Å². The third-order valence-corrected chi connectivity index (χ3v) is 3.48. The van der Waals surface area contributed by atoms with E-state index in [0.717, 1.165) is 48.7 Å². The van der Waals surface area contributed by atoms with Crippen molar-refractivity contribution in [3.63, 3.8) is 0 Å². The minimum absolute atomic E-state index is 0.711. The third kappa shape index (κ3) is 3.61. The number of aromatic nitrogens is 4. The average molecular weight is 285 g/mol. The highest BCUT2D eigenvalue weighted by molar-refractivity contribution is 5.50. The molecule has 2 heterocycles. The Labute approximate surface area is 126 Å². The van der Waals surface area contributed by atoms with Gasteiger partial charge in [-0.2, -0.15) is 0 Å². The molecule has 112 valence electrons. The van der Waals surface area contributed by atoms with Crippen molar-refractivity contribution >= 4 is 0 Å². The zero-order chi connectivity index (χ0) is 15.2. The number of aryl methyl sites for hydroxylation is 3. The van der Waals surface area contributed by atoms with Crippen LogP contribution in [0.15, 0.2) is 12.3 Å². The van der Waals surface area contributed by atoms with E-state index in [1.54, 1.807) is 6.20 Å². The fourth-order valence-corrected chi connectivity index (χ4v) is 2.40. The van der Waals surface area contributed by atoms with Gasteiger partial charge >= 0.3 is 0 Å². The molecule has 0 amide bonds. The molecule has 2 aromatic rings. The van der Waals surface area contributed by atoms with Gasteiger partial charge in [0.05, 0.1) is 0 Å². The predicted molar refractivity (Wildman–Crippen MR) is 84.2 cm³/mol. The Balaban J connectivity index is 2.49. The zero-order valence-corrected chi connectivity index (χ0v) is 13.3. The van der Waals surface area contributed by atoms with Crippen LogP contribution in [0.3, 0.4) is 0 Å². The molecule has 2 aromatic heterocycles.